The van der Waals surface area contributed by atoms with E-state index in [1.54, 1.807) is 0 Å². The summed E-state index contributed by atoms with van der Waals surface area (Å²) in [6.45, 7) is -0.0210. The van der Waals surface area contributed by atoms with Gasteiger partial charge in [-0.05, 0) is 0 Å². The number of ether oxygens (including phenoxy) is 2. The second kappa shape index (κ2) is 5.50. The predicted molar refractivity (Wildman–Crippen MR) is 33.0 cm³/mol. The lowest BCUT2D eigenvalue weighted by molar-refractivity contribution is -0.174. The van der Waals surface area contributed by atoms with E-state index in [2.05, 4.69) is 9.47 Å². The maximum absolute atomic E-state index is 10.4. The summed E-state index contributed by atoms with van der Waals surface area (Å²) >= 11 is 0. The highest BCUT2D eigenvalue weighted by Gasteiger charge is 2.28. The van der Waals surface area contributed by atoms with Gasteiger partial charge in [0.25, 0.3) is 6.10 Å². The number of carbonyl (C=O) groups is 2. The molecule has 6 nitrogen and oxygen atoms in total. The van der Waals surface area contributed by atoms with Crippen molar-refractivity contribution in [3.63, 3.8) is 0 Å². The summed E-state index contributed by atoms with van der Waals surface area (Å²) in [7, 11) is 1.38. The summed E-state index contributed by atoms with van der Waals surface area (Å²) < 4.78 is 8.70. The molecule has 0 spiro atoms. The summed E-state index contributed by atoms with van der Waals surface area (Å²) in [4.78, 5) is 20.3. The van der Waals surface area contributed by atoms with Crippen LogP contribution in [0.15, 0.2) is 0 Å². The molecule has 2 radical (unpaired) electrons. The van der Waals surface area contributed by atoms with E-state index < -0.39 is 18.0 Å². The van der Waals surface area contributed by atoms with Gasteiger partial charge >= 0.3 is 11.9 Å². The maximum atomic E-state index is 10.4. The van der Waals surface area contributed by atoms with E-state index in [9.17, 15) is 19.8 Å². The van der Waals surface area contributed by atoms with Gasteiger partial charge in [0.05, 0.1) is 6.61 Å². The lowest BCUT2D eigenvalue weighted by Crippen LogP contribution is -2.30. The molecule has 12 heavy (non-hydrogen) atoms. The fourth-order valence-electron chi connectivity index (χ4n) is 0.398. The van der Waals surface area contributed by atoms with Crippen LogP contribution in [-0.4, -0.2) is 38.4 Å². The van der Waals surface area contributed by atoms with Crippen LogP contribution in [0.3, 0.4) is 0 Å². The van der Waals surface area contributed by atoms with E-state index >= 15 is 0 Å². The molecule has 0 fully saturated rings. The van der Waals surface area contributed by atoms with E-state index in [4.69, 9.17) is 0 Å². The van der Waals surface area contributed by atoms with E-state index in [0.717, 1.165) is 0 Å². The number of methoxy groups -OCH3 is 1. The highest BCUT2D eigenvalue weighted by molar-refractivity contribution is 5.96. The average molecular weight is 176 g/mol. The minimum absolute atomic E-state index is 0.117. The zero-order valence-corrected chi connectivity index (χ0v) is 6.44. The Bertz CT molecular complexity index is 165. The van der Waals surface area contributed by atoms with Gasteiger partial charge in [0.1, 0.15) is 6.61 Å². The Hall–Kier alpha value is -1.14. The molecule has 0 bridgehead atoms. The van der Waals surface area contributed by atoms with Crippen LogP contribution in [0.1, 0.15) is 0 Å². The Kier molecular flexibility index (Phi) is 4.98. The van der Waals surface area contributed by atoms with Gasteiger partial charge in [0.15, 0.2) is 0 Å². The second-order valence-electron chi connectivity index (χ2n) is 1.86. The minimum atomic E-state index is -2.47. The number of hydrogen-bond donors (Lipinski definition) is 0. The lowest BCUT2D eigenvalue weighted by atomic mass is 10.4. The molecule has 0 aliphatic carbocycles. The molecule has 0 aromatic heterocycles. The SMILES string of the molecule is COCCOC(=O)C([O])C([O])=O. The molecule has 0 aromatic carbocycles. The van der Waals surface area contributed by atoms with Crippen LogP contribution in [0.2, 0.25) is 0 Å². The fraction of sp³-hybridized carbons (Fsp3) is 0.667. The standard InChI is InChI=1S/C6H8O6/c1-11-2-3-12-6(10)4(7)5(8)9/h4H,2-3H2,1H3. The van der Waals surface area contributed by atoms with Gasteiger partial charge in [-0.1, -0.05) is 0 Å². The molecule has 0 heterocycles. The van der Waals surface area contributed by atoms with Crippen LogP contribution in [0.4, 0.5) is 0 Å². The van der Waals surface area contributed by atoms with Gasteiger partial charge in [0, 0.05) is 7.11 Å². The molecule has 0 saturated heterocycles. The van der Waals surface area contributed by atoms with Crippen molar-refractivity contribution < 1.29 is 29.3 Å². The minimum Gasteiger partial charge on any atom is -0.461 e. The van der Waals surface area contributed by atoms with E-state index in [0.29, 0.717) is 0 Å². The molecule has 68 valence electrons. The summed E-state index contributed by atoms with van der Waals surface area (Å²) in [6, 6.07) is 0. The Balaban J connectivity index is 3.65. The summed E-state index contributed by atoms with van der Waals surface area (Å²) in [6.07, 6.45) is -2.47. The maximum Gasteiger partial charge on any atom is 0.398 e. The molecule has 1 atom stereocenters. The van der Waals surface area contributed by atoms with E-state index in [1.165, 1.54) is 7.11 Å². The zero-order valence-electron chi connectivity index (χ0n) is 6.44. The van der Waals surface area contributed by atoms with Crippen molar-refractivity contribution in [2.45, 2.75) is 6.10 Å². The van der Waals surface area contributed by atoms with E-state index in [-0.39, 0.29) is 13.2 Å². The van der Waals surface area contributed by atoms with Gasteiger partial charge in [-0.15, -0.1) is 0 Å². The van der Waals surface area contributed by atoms with Crippen molar-refractivity contribution in [3.8, 4) is 0 Å². The van der Waals surface area contributed by atoms with Gasteiger partial charge in [-0.3, -0.25) is 0 Å². The smallest absolute Gasteiger partial charge is 0.398 e. The van der Waals surface area contributed by atoms with E-state index in [1.807, 2.05) is 0 Å². The average Bonchev–Trinajstić information content (AvgIpc) is 2.03. The number of hydrogen-bond acceptors (Lipinski definition) is 4. The first-order valence-electron chi connectivity index (χ1n) is 3.12. The third-order valence-corrected chi connectivity index (χ3v) is 0.960. The van der Waals surface area contributed by atoms with Gasteiger partial charge in [-0.25, -0.2) is 19.8 Å². The molecule has 0 aliphatic rings. The molecule has 6 heteroatoms. The van der Waals surface area contributed by atoms with Crippen molar-refractivity contribution in [1.82, 2.24) is 0 Å². The first-order chi connectivity index (χ1) is 5.59. The van der Waals surface area contributed by atoms with Gasteiger partial charge in [0.2, 0.25) is 0 Å². The monoisotopic (exact) mass is 176 g/mol. The number of rotatable bonds is 5. The molecule has 0 N–H and O–H groups in total. The summed E-state index contributed by atoms with van der Waals surface area (Å²) in [5.41, 5.74) is 0. The topological polar surface area (TPSA) is 92.4 Å². The van der Waals surface area contributed by atoms with Gasteiger partial charge < -0.3 is 9.47 Å². The molecular weight excluding hydrogens is 168 g/mol. The van der Waals surface area contributed by atoms with Crippen LogP contribution < -0.4 is 0 Å². The van der Waals surface area contributed by atoms with Crippen LogP contribution in [0.5, 0.6) is 0 Å². The lowest BCUT2D eigenvalue weighted by Gasteiger charge is -2.03. The Labute approximate surface area is 68.7 Å². The molecule has 0 aromatic rings. The third kappa shape index (κ3) is 3.89. The van der Waals surface area contributed by atoms with Crippen molar-refractivity contribution in [1.29, 1.82) is 0 Å². The highest BCUT2D eigenvalue weighted by atomic mass is 16.6. The molecule has 0 saturated carbocycles. The number of carbonyl (C=O) groups excluding carboxylic acids is 2. The van der Waals surface area contributed by atoms with Crippen LogP contribution in [0.25, 0.3) is 0 Å². The van der Waals surface area contributed by atoms with Crippen LogP contribution in [0, 0.1) is 0 Å². The largest absolute Gasteiger partial charge is 0.461 e. The van der Waals surface area contributed by atoms with Crippen molar-refractivity contribution >= 4 is 11.9 Å². The normalized spacial score (nSPS) is 12.2. The molecule has 0 aliphatic heterocycles. The van der Waals surface area contributed by atoms with Crippen molar-refractivity contribution in [3.05, 3.63) is 0 Å². The molecule has 0 amide bonds. The molecule has 1 unspecified atom stereocenters. The molecular formula is C6H8O6. The Morgan fingerprint density at radius 2 is 1.92 bits per heavy atom. The van der Waals surface area contributed by atoms with Crippen molar-refractivity contribution in [2.75, 3.05) is 20.3 Å². The Morgan fingerprint density at radius 1 is 1.33 bits per heavy atom. The van der Waals surface area contributed by atoms with Crippen molar-refractivity contribution in [2.24, 2.45) is 0 Å². The number of esters is 1. The zero-order chi connectivity index (χ0) is 9.56. The third-order valence-electron chi connectivity index (χ3n) is 0.960. The Morgan fingerprint density at radius 3 is 2.33 bits per heavy atom. The summed E-state index contributed by atoms with van der Waals surface area (Å²) in [5.74, 6) is -3.34. The first-order valence-corrected chi connectivity index (χ1v) is 3.12. The van der Waals surface area contributed by atoms with Crippen LogP contribution >= 0.6 is 0 Å². The second-order valence-corrected chi connectivity index (χ2v) is 1.86. The first kappa shape index (κ1) is 10.9. The highest BCUT2D eigenvalue weighted by Crippen LogP contribution is 1.90. The van der Waals surface area contributed by atoms with Gasteiger partial charge in [-0.2, -0.15) is 0 Å². The summed E-state index contributed by atoms with van der Waals surface area (Å²) in [5, 5.41) is 20.2. The fourth-order valence-corrected chi connectivity index (χ4v) is 0.398. The molecule has 0 rings (SSSR count). The quantitative estimate of drug-likeness (QED) is 0.303. The predicted octanol–water partition coefficient (Wildman–Crippen LogP) is -1.07. The van der Waals surface area contributed by atoms with Crippen LogP contribution in [-0.2, 0) is 29.3 Å².